The molecule has 1 N–H and O–H groups in total. The Bertz CT molecular complexity index is 958. The minimum Gasteiger partial charge on any atom is -0.497 e. The zero-order valence-corrected chi connectivity index (χ0v) is 16.7. The summed E-state index contributed by atoms with van der Waals surface area (Å²) in [5.41, 5.74) is 0.506. The Labute approximate surface area is 168 Å². The fourth-order valence-electron chi connectivity index (χ4n) is 3.19. The van der Waals surface area contributed by atoms with Gasteiger partial charge >= 0.3 is 0 Å². The maximum atomic E-state index is 12.7. The molecule has 1 aliphatic heterocycles. The van der Waals surface area contributed by atoms with E-state index in [-0.39, 0.29) is 16.0 Å². The summed E-state index contributed by atoms with van der Waals surface area (Å²) >= 11 is 5.76. The molecule has 0 atom stereocenters. The van der Waals surface area contributed by atoms with Gasteiger partial charge in [-0.3, -0.25) is 10.1 Å². The van der Waals surface area contributed by atoms with Crippen molar-refractivity contribution in [2.24, 2.45) is 0 Å². The molecule has 0 radical (unpaired) electrons. The van der Waals surface area contributed by atoms with Crippen LogP contribution in [-0.4, -0.2) is 39.6 Å². The van der Waals surface area contributed by atoms with E-state index >= 15 is 0 Å². The highest BCUT2D eigenvalue weighted by Crippen LogP contribution is 2.28. The second-order valence-electron chi connectivity index (χ2n) is 6.45. The van der Waals surface area contributed by atoms with E-state index in [9.17, 15) is 18.5 Å². The summed E-state index contributed by atoms with van der Waals surface area (Å²) in [6, 6.07) is 10.9. The molecule has 0 bridgehead atoms. The molecule has 10 heteroatoms. The van der Waals surface area contributed by atoms with Crippen LogP contribution in [0.15, 0.2) is 47.4 Å². The first-order chi connectivity index (χ1) is 13.3. The molecule has 0 saturated carbocycles. The van der Waals surface area contributed by atoms with E-state index in [4.69, 9.17) is 16.3 Å². The van der Waals surface area contributed by atoms with Crippen molar-refractivity contribution < 1.29 is 18.1 Å². The van der Waals surface area contributed by atoms with Crippen molar-refractivity contribution in [1.82, 2.24) is 4.72 Å². The van der Waals surface area contributed by atoms with Gasteiger partial charge in [0.1, 0.15) is 5.75 Å². The average molecular weight is 426 g/mol. The van der Waals surface area contributed by atoms with Crippen molar-refractivity contribution in [3.05, 3.63) is 57.6 Å². The number of ether oxygens (including phenoxy) is 1. The number of piperidine rings is 1. The number of benzene rings is 2. The number of anilines is 1. The molecule has 150 valence electrons. The second kappa shape index (κ2) is 8.34. The highest BCUT2D eigenvalue weighted by Gasteiger charge is 2.30. The van der Waals surface area contributed by atoms with Gasteiger partial charge in [-0.15, -0.1) is 0 Å². The van der Waals surface area contributed by atoms with Crippen LogP contribution >= 0.6 is 11.6 Å². The van der Waals surface area contributed by atoms with Crippen molar-refractivity contribution in [3.63, 3.8) is 0 Å². The predicted molar refractivity (Wildman–Crippen MR) is 107 cm³/mol. The van der Waals surface area contributed by atoms with Gasteiger partial charge in [-0.1, -0.05) is 11.6 Å². The standard InChI is InChI=1S/C18H20ClN3O5S/c1-27-16-5-3-15(4-6-16)21-10-8-14(9-11-21)20-28(25,26)18-7-2-13(19)12-17(18)22(23)24/h2-7,12,14,20H,8-11H2,1H3. The summed E-state index contributed by atoms with van der Waals surface area (Å²) in [7, 11) is -2.42. The fraction of sp³-hybridized carbons (Fsp3) is 0.333. The van der Waals surface area contributed by atoms with Gasteiger partial charge in [-0.2, -0.15) is 0 Å². The number of hydrogen-bond donors (Lipinski definition) is 1. The van der Waals surface area contributed by atoms with E-state index in [1.54, 1.807) is 7.11 Å². The molecule has 1 saturated heterocycles. The zero-order chi connectivity index (χ0) is 20.3. The van der Waals surface area contributed by atoms with Crippen LogP contribution in [0.2, 0.25) is 5.02 Å². The SMILES string of the molecule is COc1ccc(N2CCC(NS(=O)(=O)c3ccc(Cl)cc3[N+](=O)[O-])CC2)cc1. The van der Waals surface area contributed by atoms with Gasteiger partial charge in [-0.25, -0.2) is 13.1 Å². The molecule has 1 fully saturated rings. The minimum atomic E-state index is -4.03. The average Bonchev–Trinajstić information content (AvgIpc) is 2.68. The third kappa shape index (κ3) is 4.54. The number of nitrogens with zero attached hydrogens (tertiary/aromatic N) is 2. The Morgan fingerprint density at radius 2 is 1.82 bits per heavy atom. The minimum absolute atomic E-state index is 0.110. The van der Waals surface area contributed by atoms with Crippen molar-refractivity contribution >= 4 is 33.0 Å². The van der Waals surface area contributed by atoms with Gasteiger partial charge in [0.2, 0.25) is 10.0 Å². The van der Waals surface area contributed by atoms with E-state index in [0.717, 1.165) is 23.6 Å². The smallest absolute Gasteiger partial charge is 0.290 e. The van der Waals surface area contributed by atoms with Crippen molar-refractivity contribution in [2.75, 3.05) is 25.1 Å². The topological polar surface area (TPSA) is 102 Å². The molecule has 1 aliphatic rings. The number of hydrogen-bond acceptors (Lipinski definition) is 6. The Morgan fingerprint density at radius 1 is 1.18 bits per heavy atom. The summed E-state index contributed by atoms with van der Waals surface area (Å²) < 4.78 is 33.1. The number of halogens is 1. The molecule has 0 spiro atoms. The number of rotatable bonds is 6. The number of nitro groups is 1. The lowest BCUT2D eigenvalue weighted by atomic mass is 10.1. The van der Waals surface area contributed by atoms with Gasteiger partial charge in [0.05, 0.1) is 12.0 Å². The number of sulfonamides is 1. The van der Waals surface area contributed by atoms with Crippen molar-refractivity contribution in [3.8, 4) is 5.75 Å². The maximum Gasteiger partial charge on any atom is 0.290 e. The van der Waals surface area contributed by atoms with E-state index in [1.807, 2.05) is 24.3 Å². The molecule has 0 unspecified atom stereocenters. The Kier molecular flexibility index (Phi) is 6.07. The van der Waals surface area contributed by atoms with Gasteiger partial charge < -0.3 is 9.64 Å². The van der Waals surface area contributed by atoms with Crippen molar-refractivity contribution in [1.29, 1.82) is 0 Å². The van der Waals surface area contributed by atoms with Gasteiger partial charge in [-0.05, 0) is 49.2 Å². The summed E-state index contributed by atoms with van der Waals surface area (Å²) in [5.74, 6) is 0.774. The van der Waals surface area contributed by atoms with Crippen LogP contribution in [0.1, 0.15) is 12.8 Å². The third-order valence-electron chi connectivity index (χ3n) is 4.66. The highest BCUT2D eigenvalue weighted by molar-refractivity contribution is 7.89. The Hall–Kier alpha value is -2.36. The molecule has 0 aliphatic carbocycles. The molecule has 8 nitrogen and oxygen atoms in total. The van der Waals surface area contributed by atoms with E-state index in [0.29, 0.717) is 25.9 Å². The van der Waals surface area contributed by atoms with Crippen LogP contribution in [0, 0.1) is 10.1 Å². The summed E-state index contributed by atoms with van der Waals surface area (Å²) in [6.45, 7) is 1.34. The summed E-state index contributed by atoms with van der Waals surface area (Å²) in [4.78, 5) is 12.2. The van der Waals surface area contributed by atoms with E-state index in [1.165, 1.54) is 6.07 Å². The lowest BCUT2D eigenvalue weighted by Crippen LogP contribution is -2.44. The van der Waals surface area contributed by atoms with Crippen LogP contribution in [0.5, 0.6) is 5.75 Å². The normalized spacial score (nSPS) is 15.4. The second-order valence-corrected chi connectivity index (χ2v) is 8.57. The molecular weight excluding hydrogens is 406 g/mol. The first-order valence-corrected chi connectivity index (χ1v) is 10.5. The first-order valence-electron chi connectivity index (χ1n) is 8.65. The monoisotopic (exact) mass is 425 g/mol. The Balaban J connectivity index is 1.67. The zero-order valence-electron chi connectivity index (χ0n) is 15.2. The van der Waals surface area contributed by atoms with Crippen LogP contribution in [0.4, 0.5) is 11.4 Å². The maximum absolute atomic E-state index is 12.7. The lowest BCUT2D eigenvalue weighted by molar-refractivity contribution is -0.387. The summed E-state index contributed by atoms with van der Waals surface area (Å²) in [5, 5.41) is 11.3. The summed E-state index contributed by atoms with van der Waals surface area (Å²) in [6.07, 6.45) is 1.18. The molecule has 28 heavy (non-hydrogen) atoms. The molecule has 0 aromatic heterocycles. The molecular formula is C18H20ClN3O5S. The lowest BCUT2D eigenvalue weighted by Gasteiger charge is -2.33. The Morgan fingerprint density at radius 3 is 2.39 bits per heavy atom. The van der Waals surface area contributed by atoms with Crippen LogP contribution in [0.3, 0.4) is 0 Å². The van der Waals surface area contributed by atoms with Gasteiger partial charge in [0, 0.05) is 35.9 Å². The first kappa shape index (κ1) is 20.4. The van der Waals surface area contributed by atoms with Crippen LogP contribution in [-0.2, 0) is 10.0 Å². The predicted octanol–water partition coefficient (Wildman–Crippen LogP) is 3.20. The van der Waals surface area contributed by atoms with Gasteiger partial charge in [0.15, 0.2) is 4.90 Å². The number of nitrogens with one attached hydrogen (secondary N) is 1. The van der Waals surface area contributed by atoms with Crippen LogP contribution in [0.25, 0.3) is 0 Å². The molecule has 1 heterocycles. The fourth-order valence-corrected chi connectivity index (χ4v) is 4.82. The largest absolute Gasteiger partial charge is 0.497 e. The number of methoxy groups -OCH3 is 1. The highest BCUT2D eigenvalue weighted by atomic mass is 35.5. The quantitative estimate of drug-likeness (QED) is 0.563. The molecule has 0 amide bonds. The van der Waals surface area contributed by atoms with Crippen molar-refractivity contribution in [2.45, 2.75) is 23.8 Å². The van der Waals surface area contributed by atoms with Gasteiger partial charge in [0.25, 0.3) is 5.69 Å². The number of nitro benzene ring substituents is 1. The van der Waals surface area contributed by atoms with E-state index in [2.05, 4.69) is 9.62 Å². The molecule has 2 aromatic carbocycles. The molecule has 3 rings (SSSR count). The van der Waals surface area contributed by atoms with E-state index < -0.39 is 20.6 Å². The molecule has 2 aromatic rings. The third-order valence-corrected chi connectivity index (χ3v) is 6.46. The van der Waals surface area contributed by atoms with Crippen LogP contribution < -0.4 is 14.4 Å².